The molecule has 0 aliphatic heterocycles. The van der Waals surface area contributed by atoms with Gasteiger partial charge in [-0.3, -0.25) is 0 Å². The topological polar surface area (TPSA) is 29.5 Å². The van der Waals surface area contributed by atoms with Gasteiger partial charge < -0.3 is 9.84 Å². The van der Waals surface area contributed by atoms with Crippen molar-refractivity contribution in [3.63, 3.8) is 0 Å². The molecule has 1 aliphatic rings. The molecule has 1 aliphatic carbocycles. The summed E-state index contributed by atoms with van der Waals surface area (Å²) in [6, 6.07) is 0. The first-order valence-corrected chi connectivity index (χ1v) is 6.01. The van der Waals surface area contributed by atoms with Crippen molar-refractivity contribution >= 4 is 0 Å². The van der Waals surface area contributed by atoms with Crippen molar-refractivity contribution < 1.29 is 9.84 Å². The summed E-state index contributed by atoms with van der Waals surface area (Å²) in [5.74, 6) is 0.564. The van der Waals surface area contributed by atoms with Gasteiger partial charge in [0.05, 0.1) is 6.10 Å². The van der Waals surface area contributed by atoms with Crippen molar-refractivity contribution in [3.05, 3.63) is 0 Å². The molecule has 1 N–H and O–H groups in total. The zero-order chi connectivity index (χ0) is 10.2. The first-order valence-electron chi connectivity index (χ1n) is 6.01. The molecule has 0 saturated heterocycles. The van der Waals surface area contributed by atoms with Gasteiger partial charge in [-0.1, -0.05) is 25.7 Å². The van der Waals surface area contributed by atoms with Crippen LogP contribution in [0.25, 0.3) is 0 Å². The third kappa shape index (κ3) is 4.43. The Hall–Kier alpha value is -0.0800. The second-order valence-corrected chi connectivity index (χ2v) is 4.45. The van der Waals surface area contributed by atoms with E-state index in [0.29, 0.717) is 5.92 Å². The van der Waals surface area contributed by atoms with E-state index in [4.69, 9.17) is 4.74 Å². The number of aliphatic hydroxyl groups excluding tert-OH is 1. The zero-order valence-corrected chi connectivity index (χ0v) is 9.37. The lowest BCUT2D eigenvalue weighted by Crippen LogP contribution is -2.20. The summed E-state index contributed by atoms with van der Waals surface area (Å²) >= 11 is 0. The average Bonchev–Trinajstić information content (AvgIpc) is 2.46. The van der Waals surface area contributed by atoms with E-state index in [1.807, 2.05) is 0 Å². The third-order valence-electron chi connectivity index (χ3n) is 3.29. The van der Waals surface area contributed by atoms with Crippen LogP contribution in [0.5, 0.6) is 0 Å². The molecule has 1 saturated carbocycles. The van der Waals surface area contributed by atoms with E-state index in [0.717, 1.165) is 19.4 Å². The SMILES string of the molecule is COCCCC(O)C1CCCCCC1. The molecule has 2 nitrogen and oxygen atoms in total. The summed E-state index contributed by atoms with van der Waals surface area (Å²) in [6.45, 7) is 0.782. The van der Waals surface area contributed by atoms with Crippen molar-refractivity contribution in [3.8, 4) is 0 Å². The summed E-state index contributed by atoms with van der Waals surface area (Å²) in [7, 11) is 1.72. The molecule has 0 aromatic heterocycles. The Labute approximate surface area is 87.7 Å². The molecular weight excluding hydrogens is 176 g/mol. The number of ether oxygens (including phenoxy) is 1. The summed E-state index contributed by atoms with van der Waals surface area (Å²) < 4.78 is 4.99. The highest BCUT2D eigenvalue weighted by molar-refractivity contribution is 4.72. The number of hydrogen-bond donors (Lipinski definition) is 1. The van der Waals surface area contributed by atoms with Crippen molar-refractivity contribution in [1.82, 2.24) is 0 Å². The predicted molar refractivity (Wildman–Crippen MR) is 58.3 cm³/mol. The van der Waals surface area contributed by atoms with Crippen LogP contribution in [0.15, 0.2) is 0 Å². The van der Waals surface area contributed by atoms with Crippen LogP contribution in [-0.2, 0) is 4.74 Å². The molecule has 14 heavy (non-hydrogen) atoms. The van der Waals surface area contributed by atoms with Crippen LogP contribution in [-0.4, -0.2) is 24.9 Å². The van der Waals surface area contributed by atoms with Gasteiger partial charge in [0.1, 0.15) is 0 Å². The van der Waals surface area contributed by atoms with Crippen molar-refractivity contribution in [2.75, 3.05) is 13.7 Å². The molecule has 0 aromatic carbocycles. The fourth-order valence-corrected chi connectivity index (χ4v) is 2.37. The normalized spacial score (nSPS) is 21.9. The van der Waals surface area contributed by atoms with E-state index in [1.54, 1.807) is 7.11 Å². The van der Waals surface area contributed by atoms with E-state index in [1.165, 1.54) is 38.5 Å². The smallest absolute Gasteiger partial charge is 0.0569 e. The molecule has 0 radical (unpaired) electrons. The van der Waals surface area contributed by atoms with Crippen LogP contribution in [0.3, 0.4) is 0 Å². The fourth-order valence-electron chi connectivity index (χ4n) is 2.37. The van der Waals surface area contributed by atoms with Gasteiger partial charge in [0, 0.05) is 13.7 Å². The second-order valence-electron chi connectivity index (χ2n) is 4.45. The summed E-state index contributed by atoms with van der Waals surface area (Å²) in [6.07, 6.45) is 9.64. The Morgan fingerprint density at radius 3 is 2.43 bits per heavy atom. The number of aliphatic hydroxyl groups is 1. The van der Waals surface area contributed by atoms with Crippen LogP contribution in [0, 0.1) is 5.92 Å². The Bertz CT molecular complexity index is 128. The molecule has 1 unspecified atom stereocenters. The predicted octanol–water partition coefficient (Wildman–Crippen LogP) is 2.74. The molecule has 1 fully saturated rings. The highest BCUT2D eigenvalue weighted by atomic mass is 16.5. The Morgan fingerprint density at radius 2 is 1.86 bits per heavy atom. The van der Waals surface area contributed by atoms with Crippen LogP contribution in [0.1, 0.15) is 51.4 Å². The lowest BCUT2D eigenvalue weighted by atomic mass is 9.91. The van der Waals surface area contributed by atoms with E-state index in [9.17, 15) is 5.11 Å². The maximum absolute atomic E-state index is 9.97. The van der Waals surface area contributed by atoms with Gasteiger partial charge in [0.15, 0.2) is 0 Å². The van der Waals surface area contributed by atoms with Crippen molar-refractivity contribution in [2.45, 2.75) is 57.5 Å². The van der Waals surface area contributed by atoms with Gasteiger partial charge in [0.25, 0.3) is 0 Å². The van der Waals surface area contributed by atoms with Crippen molar-refractivity contribution in [1.29, 1.82) is 0 Å². The minimum Gasteiger partial charge on any atom is -0.393 e. The first-order chi connectivity index (χ1) is 6.84. The van der Waals surface area contributed by atoms with Gasteiger partial charge in [-0.05, 0) is 31.6 Å². The molecule has 0 amide bonds. The molecule has 0 heterocycles. The van der Waals surface area contributed by atoms with Crippen LogP contribution in [0.4, 0.5) is 0 Å². The maximum atomic E-state index is 9.97. The minimum atomic E-state index is -0.0803. The van der Waals surface area contributed by atoms with Gasteiger partial charge in [-0.2, -0.15) is 0 Å². The number of methoxy groups -OCH3 is 1. The average molecular weight is 200 g/mol. The third-order valence-corrected chi connectivity index (χ3v) is 3.29. The van der Waals surface area contributed by atoms with Gasteiger partial charge in [-0.15, -0.1) is 0 Å². The van der Waals surface area contributed by atoms with E-state index in [-0.39, 0.29) is 6.10 Å². The largest absolute Gasteiger partial charge is 0.393 e. The first kappa shape index (κ1) is 12.0. The van der Waals surface area contributed by atoms with Gasteiger partial charge >= 0.3 is 0 Å². The number of hydrogen-bond acceptors (Lipinski definition) is 2. The molecule has 0 bridgehead atoms. The lowest BCUT2D eigenvalue weighted by molar-refractivity contribution is 0.0777. The maximum Gasteiger partial charge on any atom is 0.0569 e. The molecular formula is C12H24O2. The zero-order valence-electron chi connectivity index (χ0n) is 9.37. The molecule has 0 spiro atoms. The van der Waals surface area contributed by atoms with Crippen LogP contribution >= 0.6 is 0 Å². The molecule has 2 heteroatoms. The van der Waals surface area contributed by atoms with Crippen LogP contribution < -0.4 is 0 Å². The Kier molecular flexibility index (Phi) is 6.20. The quantitative estimate of drug-likeness (QED) is 0.546. The molecule has 1 atom stereocenters. The standard InChI is InChI=1S/C12H24O2/c1-14-10-6-9-12(13)11-7-4-2-3-5-8-11/h11-13H,2-10H2,1H3. The summed E-state index contributed by atoms with van der Waals surface area (Å²) in [5.41, 5.74) is 0. The highest BCUT2D eigenvalue weighted by Gasteiger charge is 2.19. The fraction of sp³-hybridized carbons (Fsp3) is 1.00. The molecule has 0 aromatic rings. The Morgan fingerprint density at radius 1 is 1.21 bits per heavy atom. The molecule has 84 valence electrons. The highest BCUT2D eigenvalue weighted by Crippen LogP contribution is 2.27. The Balaban J connectivity index is 2.16. The summed E-state index contributed by atoms with van der Waals surface area (Å²) in [5, 5.41) is 9.97. The van der Waals surface area contributed by atoms with Crippen molar-refractivity contribution in [2.24, 2.45) is 5.92 Å². The van der Waals surface area contributed by atoms with Gasteiger partial charge in [-0.25, -0.2) is 0 Å². The van der Waals surface area contributed by atoms with E-state index in [2.05, 4.69) is 0 Å². The monoisotopic (exact) mass is 200 g/mol. The van der Waals surface area contributed by atoms with E-state index < -0.39 is 0 Å². The number of rotatable bonds is 5. The van der Waals surface area contributed by atoms with Gasteiger partial charge in [0.2, 0.25) is 0 Å². The lowest BCUT2D eigenvalue weighted by Gasteiger charge is -2.20. The molecule has 1 rings (SSSR count). The minimum absolute atomic E-state index is 0.0803. The van der Waals surface area contributed by atoms with E-state index >= 15 is 0 Å². The summed E-state index contributed by atoms with van der Waals surface area (Å²) in [4.78, 5) is 0. The van der Waals surface area contributed by atoms with Crippen LogP contribution in [0.2, 0.25) is 0 Å². The second kappa shape index (κ2) is 7.24.